The van der Waals surface area contributed by atoms with Crippen molar-refractivity contribution in [2.45, 2.75) is 33.4 Å². The first-order valence-electron chi connectivity index (χ1n) is 10.6. The van der Waals surface area contributed by atoms with Crippen molar-refractivity contribution in [1.29, 1.82) is 0 Å². The molecule has 0 aliphatic rings. The lowest BCUT2D eigenvalue weighted by Gasteiger charge is -2.31. The molecule has 0 radical (unpaired) electrons. The number of rotatable bonds is 11. The third kappa shape index (κ3) is 7.46. The van der Waals surface area contributed by atoms with Crippen LogP contribution in [0.4, 0.5) is 5.69 Å². The molecule has 33 heavy (non-hydrogen) atoms. The SMILES string of the molecule is CCNC(=O)[C@@H](C)N(Cc1cccc(Br)c1)C(=O)CN(c1ccccc1OCC)S(C)(=O)=O. The molecule has 0 unspecified atom stereocenters. The van der Waals surface area contributed by atoms with Gasteiger partial charge in [-0.2, -0.15) is 0 Å². The molecule has 0 bridgehead atoms. The zero-order valence-electron chi connectivity index (χ0n) is 19.2. The highest BCUT2D eigenvalue weighted by atomic mass is 79.9. The summed E-state index contributed by atoms with van der Waals surface area (Å²) in [6.45, 7) is 5.63. The Morgan fingerprint density at radius 3 is 2.42 bits per heavy atom. The van der Waals surface area contributed by atoms with E-state index in [0.29, 0.717) is 18.9 Å². The van der Waals surface area contributed by atoms with Crippen LogP contribution in [-0.2, 0) is 26.2 Å². The number of ether oxygens (including phenoxy) is 1. The van der Waals surface area contributed by atoms with Crippen molar-refractivity contribution in [1.82, 2.24) is 10.2 Å². The average Bonchev–Trinajstić information content (AvgIpc) is 2.75. The van der Waals surface area contributed by atoms with Crippen LogP contribution in [-0.4, -0.2) is 57.1 Å². The van der Waals surface area contributed by atoms with Crippen LogP contribution in [0, 0.1) is 0 Å². The van der Waals surface area contributed by atoms with Crippen LogP contribution in [0.2, 0.25) is 0 Å². The highest BCUT2D eigenvalue weighted by Crippen LogP contribution is 2.30. The van der Waals surface area contributed by atoms with Crippen molar-refractivity contribution in [3.8, 4) is 5.75 Å². The van der Waals surface area contributed by atoms with Gasteiger partial charge in [-0.05, 0) is 50.6 Å². The van der Waals surface area contributed by atoms with Gasteiger partial charge in [0.1, 0.15) is 18.3 Å². The minimum atomic E-state index is -3.83. The van der Waals surface area contributed by atoms with E-state index < -0.39 is 28.5 Å². The largest absolute Gasteiger partial charge is 0.492 e. The monoisotopic (exact) mass is 539 g/mol. The van der Waals surface area contributed by atoms with Crippen molar-refractivity contribution in [2.24, 2.45) is 0 Å². The Kier molecular flexibility index (Phi) is 9.72. The quantitative estimate of drug-likeness (QED) is 0.473. The summed E-state index contributed by atoms with van der Waals surface area (Å²) in [6.07, 6.45) is 1.04. The molecular weight excluding hydrogens is 510 g/mol. The number of hydrogen-bond acceptors (Lipinski definition) is 5. The summed E-state index contributed by atoms with van der Waals surface area (Å²) in [4.78, 5) is 27.4. The Bertz CT molecular complexity index is 1080. The van der Waals surface area contributed by atoms with Gasteiger partial charge < -0.3 is 15.0 Å². The predicted octanol–water partition coefficient (Wildman–Crippen LogP) is 3.17. The topological polar surface area (TPSA) is 96.0 Å². The molecule has 2 amide bonds. The molecule has 1 atom stereocenters. The number of nitrogens with zero attached hydrogens (tertiary/aromatic N) is 2. The van der Waals surface area contributed by atoms with E-state index in [2.05, 4.69) is 21.2 Å². The number of sulfonamides is 1. The molecule has 2 aromatic rings. The maximum atomic E-state index is 13.5. The van der Waals surface area contributed by atoms with E-state index in [1.807, 2.05) is 24.3 Å². The first-order valence-corrected chi connectivity index (χ1v) is 13.2. The van der Waals surface area contributed by atoms with E-state index in [-0.39, 0.29) is 18.1 Å². The molecule has 10 heteroatoms. The number of nitrogens with one attached hydrogen (secondary N) is 1. The number of anilines is 1. The summed E-state index contributed by atoms with van der Waals surface area (Å²) < 4.78 is 32.8. The van der Waals surface area contributed by atoms with Gasteiger partial charge in [-0.25, -0.2) is 8.42 Å². The van der Waals surface area contributed by atoms with Crippen LogP contribution in [0.15, 0.2) is 53.0 Å². The highest BCUT2D eigenvalue weighted by Gasteiger charge is 2.31. The molecule has 8 nitrogen and oxygen atoms in total. The summed E-state index contributed by atoms with van der Waals surface area (Å²) in [5.74, 6) is -0.472. The van der Waals surface area contributed by atoms with Gasteiger partial charge >= 0.3 is 0 Å². The van der Waals surface area contributed by atoms with Crippen LogP contribution in [0.5, 0.6) is 5.75 Å². The van der Waals surface area contributed by atoms with Crippen LogP contribution in [0.25, 0.3) is 0 Å². The van der Waals surface area contributed by atoms with Gasteiger partial charge in [0.25, 0.3) is 0 Å². The summed E-state index contributed by atoms with van der Waals surface area (Å²) in [7, 11) is -3.83. The predicted molar refractivity (Wildman–Crippen MR) is 133 cm³/mol. The Hall–Kier alpha value is -2.59. The highest BCUT2D eigenvalue weighted by molar-refractivity contribution is 9.10. The second-order valence-electron chi connectivity index (χ2n) is 7.39. The molecule has 2 rings (SSSR count). The zero-order valence-corrected chi connectivity index (χ0v) is 21.6. The van der Waals surface area contributed by atoms with Gasteiger partial charge in [0, 0.05) is 17.6 Å². The van der Waals surface area contributed by atoms with Crippen molar-refractivity contribution in [2.75, 3.05) is 30.3 Å². The summed E-state index contributed by atoms with van der Waals surface area (Å²) in [5, 5.41) is 2.72. The molecule has 0 aliphatic carbocycles. The molecule has 0 saturated heterocycles. The van der Waals surface area contributed by atoms with Crippen molar-refractivity contribution in [3.63, 3.8) is 0 Å². The van der Waals surface area contributed by atoms with Crippen molar-refractivity contribution in [3.05, 3.63) is 58.6 Å². The van der Waals surface area contributed by atoms with E-state index in [1.165, 1.54) is 4.90 Å². The number of amides is 2. The minimum Gasteiger partial charge on any atom is -0.492 e. The molecule has 0 aromatic heterocycles. The van der Waals surface area contributed by atoms with Gasteiger partial charge in [-0.15, -0.1) is 0 Å². The van der Waals surface area contributed by atoms with Crippen LogP contribution >= 0.6 is 15.9 Å². The molecule has 0 fully saturated rings. The Morgan fingerprint density at radius 1 is 1.12 bits per heavy atom. The average molecular weight is 540 g/mol. The van der Waals surface area contributed by atoms with E-state index >= 15 is 0 Å². The molecule has 0 aliphatic heterocycles. The standard InChI is InChI=1S/C23H30BrN3O5S/c1-5-25-23(29)17(3)26(15-18-10-9-11-19(24)14-18)22(28)16-27(33(4,30)31)20-12-7-8-13-21(20)32-6-2/h7-14,17H,5-6,15-16H2,1-4H3,(H,25,29)/t17-/m1/s1. The summed E-state index contributed by atoms with van der Waals surface area (Å²) in [6, 6.07) is 13.2. The smallest absolute Gasteiger partial charge is 0.244 e. The molecule has 2 aromatic carbocycles. The molecule has 180 valence electrons. The first kappa shape index (κ1) is 26.7. The second kappa shape index (κ2) is 12.0. The van der Waals surface area contributed by atoms with E-state index in [0.717, 1.165) is 20.6 Å². The van der Waals surface area contributed by atoms with Gasteiger partial charge in [-0.3, -0.25) is 13.9 Å². The lowest BCUT2D eigenvalue weighted by Crippen LogP contribution is -2.51. The molecule has 0 heterocycles. The van der Waals surface area contributed by atoms with Gasteiger partial charge in [-0.1, -0.05) is 40.2 Å². The normalized spacial score (nSPS) is 12.0. The third-order valence-electron chi connectivity index (χ3n) is 4.87. The van der Waals surface area contributed by atoms with E-state index in [1.54, 1.807) is 45.0 Å². The minimum absolute atomic E-state index is 0.140. The van der Waals surface area contributed by atoms with Crippen molar-refractivity contribution < 1.29 is 22.7 Å². The number of halogens is 1. The molecule has 1 N–H and O–H groups in total. The second-order valence-corrected chi connectivity index (χ2v) is 10.2. The number of hydrogen-bond donors (Lipinski definition) is 1. The number of carbonyl (C=O) groups is 2. The number of benzene rings is 2. The van der Waals surface area contributed by atoms with E-state index in [9.17, 15) is 18.0 Å². The Labute approximate surface area is 204 Å². The molecule has 0 spiro atoms. The van der Waals surface area contributed by atoms with Crippen LogP contribution in [0.1, 0.15) is 26.3 Å². The Balaban J connectivity index is 2.43. The maximum Gasteiger partial charge on any atom is 0.244 e. The fraction of sp³-hybridized carbons (Fsp3) is 0.391. The van der Waals surface area contributed by atoms with Crippen molar-refractivity contribution >= 4 is 43.5 Å². The summed E-state index contributed by atoms with van der Waals surface area (Å²) in [5.41, 5.74) is 1.07. The number of carbonyl (C=O) groups excluding carboxylic acids is 2. The lowest BCUT2D eigenvalue weighted by atomic mass is 10.1. The van der Waals surface area contributed by atoms with Crippen LogP contribution in [0.3, 0.4) is 0 Å². The fourth-order valence-electron chi connectivity index (χ4n) is 3.27. The van der Waals surface area contributed by atoms with Crippen LogP contribution < -0.4 is 14.4 Å². The Morgan fingerprint density at radius 2 is 1.82 bits per heavy atom. The van der Waals surface area contributed by atoms with Gasteiger partial charge in [0.15, 0.2) is 0 Å². The summed E-state index contributed by atoms with van der Waals surface area (Å²) >= 11 is 3.42. The zero-order chi connectivity index (χ0) is 24.6. The molecular formula is C23H30BrN3O5S. The van der Waals surface area contributed by atoms with E-state index in [4.69, 9.17) is 4.74 Å². The fourth-order valence-corrected chi connectivity index (χ4v) is 4.57. The first-order chi connectivity index (χ1) is 15.6. The van der Waals surface area contributed by atoms with Gasteiger partial charge in [0.2, 0.25) is 21.8 Å². The number of likely N-dealkylation sites (N-methyl/N-ethyl adjacent to an activating group) is 1. The molecule has 0 saturated carbocycles. The lowest BCUT2D eigenvalue weighted by molar-refractivity contribution is -0.139. The number of para-hydroxylation sites is 2. The van der Waals surface area contributed by atoms with Gasteiger partial charge in [0.05, 0.1) is 18.6 Å². The third-order valence-corrected chi connectivity index (χ3v) is 6.49. The maximum absolute atomic E-state index is 13.5.